The molecule has 0 saturated carbocycles. The Labute approximate surface area is 143 Å². The van der Waals surface area contributed by atoms with Gasteiger partial charge in [0.2, 0.25) is 10.0 Å². The molecule has 3 rings (SSSR count). The molecule has 0 amide bonds. The van der Waals surface area contributed by atoms with Crippen molar-refractivity contribution in [2.75, 3.05) is 6.54 Å². The Kier molecular flexibility index (Phi) is 5.31. The Bertz CT molecular complexity index is 777. The van der Waals surface area contributed by atoms with Gasteiger partial charge in [-0.15, -0.1) is 0 Å². The summed E-state index contributed by atoms with van der Waals surface area (Å²) in [6.07, 6.45) is 3.54. The van der Waals surface area contributed by atoms with Crippen LogP contribution >= 0.6 is 0 Å². The minimum atomic E-state index is -3.46. The lowest BCUT2D eigenvalue weighted by Crippen LogP contribution is -2.35. The van der Waals surface area contributed by atoms with Crippen LogP contribution in [0, 0.1) is 5.82 Å². The summed E-state index contributed by atoms with van der Waals surface area (Å²) in [6, 6.07) is 15.3. The number of hydrogen-bond donors (Lipinski definition) is 0. The van der Waals surface area contributed by atoms with Gasteiger partial charge in [-0.1, -0.05) is 55.3 Å². The van der Waals surface area contributed by atoms with Crippen LogP contribution in [0.4, 0.5) is 4.39 Å². The second-order valence-electron chi connectivity index (χ2n) is 6.27. The normalized spacial score (nSPS) is 19.8. The summed E-state index contributed by atoms with van der Waals surface area (Å²) in [5.74, 6) is -0.336. The van der Waals surface area contributed by atoms with Crippen LogP contribution in [0.1, 0.15) is 42.9 Å². The molecular formula is C19H22FNO2S. The summed E-state index contributed by atoms with van der Waals surface area (Å²) in [5.41, 5.74) is 1.52. The molecule has 0 aromatic heterocycles. The second-order valence-corrected chi connectivity index (χ2v) is 8.19. The Balaban J connectivity index is 1.92. The molecule has 3 nitrogen and oxygen atoms in total. The Morgan fingerprint density at radius 3 is 2.54 bits per heavy atom. The molecule has 5 heteroatoms. The third-order valence-electron chi connectivity index (χ3n) is 4.49. The Morgan fingerprint density at radius 2 is 1.79 bits per heavy atom. The fourth-order valence-electron chi connectivity index (χ4n) is 3.33. The van der Waals surface area contributed by atoms with Crippen LogP contribution in [-0.4, -0.2) is 19.3 Å². The number of benzene rings is 2. The van der Waals surface area contributed by atoms with E-state index in [1.807, 2.05) is 36.4 Å². The van der Waals surface area contributed by atoms with Crippen LogP contribution < -0.4 is 0 Å². The van der Waals surface area contributed by atoms with E-state index < -0.39 is 10.0 Å². The molecule has 0 radical (unpaired) electrons. The lowest BCUT2D eigenvalue weighted by molar-refractivity contribution is 0.327. The minimum Gasteiger partial charge on any atom is -0.212 e. The van der Waals surface area contributed by atoms with Gasteiger partial charge in [-0.25, -0.2) is 12.8 Å². The molecule has 2 aromatic rings. The van der Waals surface area contributed by atoms with Gasteiger partial charge in [-0.3, -0.25) is 0 Å². The second kappa shape index (κ2) is 7.45. The number of rotatable bonds is 4. The predicted molar refractivity (Wildman–Crippen MR) is 93.4 cm³/mol. The predicted octanol–water partition coefficient (Wildman–Crippen LogP) is 4.27. The quantitative estimate of drug-likeness (QED) is 0.828. The first-order chi connectivity index (χ1) is 11.6. The highest BCUT2D eigenvalue weighted by Gasteiger charge is 2.32. The highest BCUT2D eigenvalue weighted by atomic mass is 32.2. The first-order valence-electron chi connectivity index (χ1n) is 8.35. The topological polar surface area (TPSA) is 37.4 Å². The van der Waals surface area contributed by atoms with Crippen LogP contribution in [0.25, 0.3) is 0 Å². The zero-order chi connectivity index (χ0) is 17.0. The van der Waals surface area contributed by atoms with Crippen molar-refractivity contribution in [3.63, 3.8) is 0 Å². The van der Waals surface area contributed by atoms with E-state index in [0.29, 0.717) is 6.54 Å². The summed E-state index contributed by atoms with van der Waals surface area (Å²) in [5, 5.41) is 0. The van der Waals surface area contributed by atoms with Gasteiger partial charge in [0.15, 0.2) is 0 Å². The van der Waals surface area contributed by atoms with E-state index in [0.717, 1.165) is 36.8 Å². The standard InChI is InChI=1S/C19H22FNO2S/c20-18-11-7-10-17(14-18)19-12-5-2-6-13-21(19)24(22,23)15-16-8-3-1-4-9-16/h1,3-4,7-11,14,19H,2,5-6,12-13,15H2. The molecule has 0 spiro atoms. The Morgan fingerprint density at radius 1 is 1.00 bits per heavy atom. The van der Waals surface area contributed by atoms with Gasteiger partial charge < -0.3 is 0 Å². The number of sulfonamides is 1. The van der Waals surface area contributed by atoms with Gasteiger partial charge in [0.05, 0.1) is 5.75 Å². The highest BCUT2D eigenvalue weighted by Crippen LogP contribution is 2.33. The van der Waals surface area contributed by atoms with E-state index in [1.54, 1.807) is 10.4 Å². The van der Waals surface area contributed by atoms with Crippen molar-refractivity contribution in [1.29, 1.82) is 0 Å². The third kappa shape index (κ3) is 4.02. The van der Waals surface area contributed by atoms with Crippen molar-refractivity contribution in [3.05, 3.63) is 71.5 Å². The van der Waals surface area contributed by atoms with Crippen LogP contribution in [0.3, 0.4) is 0 Å². The Hall–Kier alpha value is -1.72. The molecule has 1 aliphatic rings. The van der Waals surface area contributed by atoms with Crippen LogP contribution in [0.2, 0.25) is 0 Å². The number of nitrogens with zero attached hydrogens (tertiary/aromatic N) is 1. The largest absolute Gasteiger partial charge is 0.218 e. The molecule has 1 saturated heterocycles. The van der Waals surface area contributed by atoms with E-state index in [2.05, 4.69) is 0 Å². The minimum absolute atomic E-state index is 0.0142. The van der Waals surface area contributed by atoms with E-state index >= 15 is 0 Å². The van der Waals surface area contributed by atoms with E-state index in [9.17, 15) is 12.8 Å². The molecule has 1 fully saturated rings. The maximum absolute atomic E-state index is 13.6. The monoisotopic (exact) mass is 347 g/mol. The molecule has 0 aliphatic carbocycles. The number of halogens is 1. The van der Waals surface area contributed by atoms with E-state index in [4.69, 9.17) is 0 Å². The third-order valence-corrected chi connectivity index (χ3v) is 6.34. The maximum atomic E-state index is 13.6. The summed E-state index contributed by atoms with van der Waals surface area (Å²) >= 11 is 0. The van der Waals surface area contributed by atoms with Gasteiger partial charge in [0.1, 0.15) is 5.82 Å². The lowest BCUT2D eigenvalue weighted by atomic mass is 10.0. The fourth-order valence-corrected chi connectivity index (χ4v) is 5.13. The lowest BCUT2D eigenvalue weighted by Gasteiger charge is -2.29. The van der Waals surface area contributed by atoms with Crippen molar-refractivity contribution in [1.82, 2.24) is 4.31 Å². The molecule has 24 heavy (non-hydrogen) atoms. The van der Waals surface area contributed by atoms with Crippen LogP contribution in [0.5, 0.6) is 0 Å². The van der Waals surface area contributed by atoms with Crippen molar-refractivity contribution >= 4 is 10.0 Å². The first-order valence-corrected chi connectivity index (χ1v) is 9.96. The van der Waals surface area contributed by atoms with Crippen molar-refractivity contribution in [2.24, 2.45) is 0 Å². The smallest absolute Gasteiger partial charge is 0.212 e. The van der Waals surface area contributed by atoms with Gasteiger partial charge in [-0.05, 0) is 36.1 Å². The van der Waals surface area contributed by atoms with Gasteiger partial charge in [0.25, 0.3) is 0 Å². The van der Waals surface area contributed by atoms with Crippen LogP contribution in [0.15, 0.2) is 54.6 Å². The van der Waals surface area contributed by atoms with Crippen LogP contribution in [-0.2, 0) is 15.8 Å². The summed E-state index contributed by atoms with van der Waals surface area (Å²) < 4.78 is 41.2. The van der Waals surface area contributed by atoms with Gasteiger partial charge >= 0.3 is 0 Å². The zero-order valence-corrected chi connectivity index (χ0v) is 14.4. The summed E-state index contributed by atoms with van der Waals surface area (Å²) in [4.78, 5) is 0. The molecule has 1 unspecified atom stereocenters. The molecule has 1 aliphatic heterocycles. The van der Waals surface area contributed by atoms with E-state index in [-0.39, 0.29) is 17.6 Å². The van der Waals surface area contributed by atoms with Gasteiger partial charge in [0, 0.05) is 12.6 Å². The maximum Gasteiger partial charge on any atom is 0.218 e. The first kappa shape index (κ1) is 17.1. The molecule has 2 aromatic carbocycles. The SMILES string of the molecule is O=S(=O)(Cc1ccccc1)N1CCCCCC1c1cccc(F)c1. The highest BCUT2D eigenvalue weighted by molar-refractivity contribution is 7.88. The molecular weight excluding hydrogens is 325 g/mol. The molecule has 1 heterocycles. The summed E-state index contributed by atoms with van der Waals surface area (Å²) in [7, 11) is -3.46. The van der Waals surface area contributed by atoms with Gasteiger partial charge in [-0.2, -0.15) is 4.31 Å². The molecule has 128 valence electrons. The average molecular weight is 347 g/mol. The fraction of sp³-hybridized carbons (Fsp3) is 0.368. The van der Waals surface area contributed by atoms with Crippen molar-refractivity contribution < 1.29 is 12.8 Å². The van der Waals surface area contributed by atoms with E-state index in [1.165, 1.54) is 12.1 Å². The summed E-state index contributed by atoms with van der Waals surface area (Å²) in [6.45, 7) is 0.496. The number of hydrogen-bond acceptors (Lipinski definition) is 2. The van der Waals surface area contributed by atoms with Crippen molar-refractivity contribution in [2.45, 2.75) is 37.5 Å². The zero-order valence-electron chi connectivity index (χ0n) is 13.6. The van der Waals surface area contributed by atoms with Crippen molar-refractivity contribution in [3.8, 4) is 0 Å². The molecule has 1 atom stereocenters. The average Bonchev–Trinajstić information content (AvgIpc) is 2.82. The molecule has 0 bridgehead atoms. The molecule has 0 N–H and O–H groups in total.